The highest BCUT2D eigenvalue weighted by Crippen LogP contribution is 1.88. The molecule has 3 heteroatoms. The third-order valence-corrected chi connectivity index (χ3v) is 0.456. The Labute approximate surface area is 41.0 Å². The van der Waals surface area contributed by atoms with Gasteiger partial charge < -0.3 is 4.84 Å². The van der Waals surface area contributed by atoms with Gasteiger partial charge in [-0.1, -0.05) is 0 Å². The van der Waals surface area contributed by atoms with Crippen molar-refractivity contribution in [3.63, 3.8) is 0 Å². The average molecular weight is 95.1 g/mol. The van der Waals surface area contributed by atoms with Gasteiger partial charge in [-0.25, -0.2) is 0 Å². The summed E-state index contributed by atoms with van der Waals surface area (Å²) in [5.74, 6) is 0. The van der Waals surface area contributed by atoms with Gasteiger partial charge >= 0.3 is 0 Å². The van der Waals surface area contributed by atoms with E-state index in [1.165, 1.54) is 6.26 Å². The monoisotopic (exact) mass is 95.0 g/mol. The highest BCUT2D eigenvalue weighted by atomic mass is 16.6. The van der Waals surface area contributed by atoms with E-state index in [2.05, 4.69) is 21.4 Å². The molecule has 0 atom stereocenters. The molecule has 0 aromatic rings. The number of allylic oxidation sites excluding steroid dienone is 2. The summed E-state index contributed by atoms with van der Waals surface area (Å²) in [6, 6.07) is 0. The molecule has 0 fully saturated rings. The van der Waals surface area contributed by atoms with E-state index in [1.54, 1.807) is 12.2 Å². The molecule has 3 nitrogen and oxygen atoms in total. The molecule has 0 aromatic carbocycles. The van der Waals surface area contributed by atoms with Crippen molar-refractivity contribution in [3.8, 4) is 0 Å². The first-order valence-electron chi connectivity index (χ1n) is 1.80. The molecule has 1 aliphatic heterocycles. The van der Waals surface area contributed by atoms with Gasteiger partial charge in [-0.15, -0.1) is 5.11 Å². The summed E-state index contributed by atoms with van der Waals surface area (Å²) in [6.45, 7) is 0. The van der Waals surface area contributed by atoms with Gasteiger partial charge in [-0.05, 0) is 12.2 Å². The van der Waals surface area contributed by atoms with E-state index >= 15 is 0 Å². The molecular formula is C4H3N2O. The minimum Gasteiger partial charge on any atom is -0.347 e. The van der Waals surface area contributed by atoms with Gasteiger partial charge in [0.1, 0.15) is 12.5 Å². The molecule has 0 aromatic heterocycles. The van der Waals surface area contributed by atoms with Crippen LogP contribution in [0.3, 0.4) is 0 Å². The Bertz CT molecular complexity index is 112. The molecule has 0 spiro atoms. The topological polar surface area (TPSA) is 34.0 Å². The minimum absolute atomic E-state index is 1.42. The fraction of sp³-hybridized carbons (Fsp3) is 0. The number of rotatable bonds is 0. The number of hydrogen-bond donors (Lipinski definition) is 0. The van der Waals surface area contributed by atoms with Crippen LogP contribution in [0.15, 0.2) is 28.8 Å². The zero-order chi connectivity index (χ0) is 4.95. The molecule has 0 bridgehead atoms. The highest BCUT2D eigenvalue weighted by Gasteiger charge is 1.72. The van der Waals surface area contributed by atoms with Crippen LogP contribution < -0.4 is 0 Å². The van der Waals surface area contributed by atoms with Gasteiger partial charge in [0, 0.05) is 5.28 Å². The molecule has 7 heavy (non-hydrogen) atoms. The number of nitrogens with zero attached hydrogens (tertiary/aromatic N) is 2. The second kappa shape index (κ2) is 2.12. The van der Waals surface area contributed by atoms with Crippen LogP contribution in [-0.4, -0.2) is 0 Å². The van der Waals surface area contributed by atoms with Gasteiger partial charge in [0.2, 0.25) is 0 Å². The van der Waals surface area contributed by atoms with Crippen LogP contribution in [-0.2, 0) is 4.84 Å². The van der Waals surface area contributed by atoms with E-state index in [4.69, 9.17) is 0 Å². The Kier molecular flexibility index (Phi) is 1.23. The normalized spacial score (nSPS) is 16.0. The van der Waals surface area contributed by atoms with E-state index in [0.717, 1.165) is 0 Å². The molecule has 0 aliphatic carbocycles. The van der Waals surface area contributed by atoms with E-state index in [-0.39, 0.29) is 0 Å². The van der Waals surface area contributed by atoms with Crippen molar-refractivity contribution in [3.05, 3.63) is 24.6 Å². The van der Waals surface area contributed by atoms with E-state index in [1.807, 2.05) is 0 Å². The van der Waals surface area contributed by atoms with E-state index < -0.39 is 0 Å². The van der Waals surface area contributed by atoms with Crippen LogP contribution in [0.5, 0.6) is 0 Å². The summed E-state index contributed by atoms with van der Waals surface area (Å²) in [5.41, 5.74) is 0. The maximum absolute atomic E-state index is 4.38. The molecule has 1 aliphatic rings. The van der Waals surface area contributed by atoms with Crippen molar-refractivity contribution in [2.45, 2.75) is 0 Å². The lowest BCUT2D eigenvalue weighted by atomic mass is 10.6. The highest BCUT2D eigenvalue weighted by molar-refractivity contribution is 4.95. The first-order chi connectivity index (χ1) is 3.50. The van der Waals surface area contributed by atoms with Gasteiger partial charge in [0.05, 0.1) is 0 Å². The SMILES string of the molecule is [C]1=CC=CON=N1. The van der Waals surface area contributed by atoms with Crippen LogP contribution in [0.25, 0.3) is 0 Å². The maximum atomic E-state index is 4.38. The molecular weight excluding hydrogens is 92.1 g/mol. The summed E-state index contributed by atoms with van der Waals surface area (Å²) in [5, 5.41) is 6.47. The summed E-state index contributed by atoms with van der Waals surface area (Å²) < 4.78 is 0. The smallest absolute Gasteiger partial charge is 0.124 e. The lowest BCUT2D eigenvalue weighted by Crippen LogP contribution is -1.56. The van der Waals surface area contributed by atoms with Crippen molar-refractivity contribution in [2.24, 2.45) is 10.4 Å². The molecule has 0 N–H and O–H groups in total. The average Bonchev–Trinajstić information content (AvgIpc) is 1.90. The molecule has 0 saturated heterocycles. The predicted molar refractivity (Wildman–Crippen MR) is 22.9 cm³/mol. The molecule has 35 valence electrons. The minimum atomic E-state index is 1.42. The van der Waals surface area contributed by atoms with Crippen molar-refractivity contribution in [2.75, 3.05) is 0 Å². The molecule has 1 heterocycles. The predicted octanol–water partition coefficient (Wildman–Crippen LogP) is 1.21. The Morgan fingerprint density at radius 2 is 2.57 bits per heavy atom. The Hall–Kier alpha value is -1.12. The molecule has 0 unspecified atom stereocenters. The second-order valence-corrected chi connectivity index (χ2v) is 0.911. The van der Waals surface area contributed by atoms with E-state index in [0.29, 0.717) is 0 Å². The first-order valence-corrected chi connectivity index (χ1v) is 1.80. The van der Waals surface area contributed by atoms with Gasteiger partial charge in [-0.2, -0.15) is 0 Å². The first kappa shape index (κ1) is 4.05. The van der Waals surface area contributed by atoms with Gasteiger partial charge in [-0.3, -0.25) is 0 Å². The fourth-order valence-electron chi connectivity index (χ4n) is 0.225. The summed E-state index contributed by atoms with van der Waals surface area (Å²) in [4.78, 5) is 4.38. The zero-order valence-electron chi connectivity index (χ0n) is 3.53. The van der Waals surface area contributed by atoms with Crippen molar-refractivity contribution in [1.29, 1.82) is 0 Å². The van der Waals surface area contributed by atoms with Crippen LogP contribution in [0.2, 0.25) is 0 Å². The maximum Gasteiger partial charge on any atom is 0.124 e. The second-order valence-electron chi connectivity index (χ2n) is 0.911. The summed E-state index contributed by atoms with van der Waals surface area (Å²) >= 11 is 0. The number of hydrogen-bond acceptors (Lipinski definition) is 3. The van der Waals surface area contributed by atoms with Crippen LogP contribution in [0, 0.1) is 6.20 Å². The molecule has 1 rings (SSSR count). The quantitative estimate of drug-likeness (QED) is 0.445. The fourth-order valence-corrected chi connectivity index (χ4v) is 0.225. The summed E-state index contributed by atoms with van der Waals surface area (Å²) in [7, 11) is 0. The van der Waals surface area contributed by atoms with Gasteiger partial charge in [0.15, 0.2) is 0 Å². The third-order valence-electron chi connectivity index (χ3n) is 0.456. The zero-order valence-corrected chi connectivity index (χ0v) is 3.53. The lowest BCUT2D eigenvalue weighted by Gasteiger charge is -1.75. The van der Waals surface area contributed by atoms with Crippen molar-refractivity contribution < 1.29 is 4.84 Å². The lowest BCUT2D eigenvalue weighted by molar-refractivity contribution is 0.243. The van der Waals surface area contributed by atoms with Gasteiger partial charge in [0.25, 0.3) is 0 Å². The largest absolute Gasteiger partial charge is 0.347 e. The van der Waals surface area contributed by atoms with Crippen molar-refractivity contribution >= 4 is 0 Å². The summed E-state index contributed by atoms with van der Waals surface area (Å²) in [6.07, 6.45) is 7.15. The molecule has 0 saturated carbocycles. The van der Waals surface area contributed by atoms with Crippen LogP contribution in [0.4, 0.5) is 0 Å². The van der Waals surface area contributed by atoms with Crippen LogP contribution in [0.1, 0.15) is 0 Å². The third kappa shape index (κ3) is 1.17. The van der Waals surface area contributed by atoms with Crippen LogP contribution >= 0.6 is 0 Å². The Morgan fingerprint density at radius 3 is 3.57 bits per heavy atom. The Morgan fingerprint density at radius 1 is 1.57 bits per heavy atom. The van der Waals surface area contributed by atoms with E-state index in [9.17, 15) is 0 Å². The standard InChI is InChI=1S/C4H3N2O/c1-2-4-7-6-5-3-1/h1-2,4H. The Balaban J connectivity index is 2.60. The molecule has 1 radical (unpaired) electrons. The van der Waals surface area contributed by atoms with Crippen molar-refractivity contribution in [1.82, 2.24) is 0 Å². The molecule has 0 amide bonds.